The Balaban J connectivity index is 1.96. The van der Waals surface area contributed by atoms with Crippen LogP contribution in [0.1, 0.15) is 11.8 Å². The molecule has 2 aromatic rings. The highest BCUT2D eigenvalue weighted by Crippen LogP contribution is 2.14. The third-order valence-corrected chi connectivity index (χ3v) is 2.76. The van der Waals surface area contributed by atoms with E-state index in [0.29, 0.717) is 12.5 Å². The predicted molar refractivity (Wildman–Crippen MR) is 64.8 cm³/mol. The minimum Gasteiger partial charge on any atom is -0.471 e. The van der Waals surface area contributed by atoms with Gasteiger partial charge >= 0.3 is 0 Å². The summed E-state index contributed by atoms with van der Waals surface area (Å²) in [6.07, 6.45) is 3.30. The van der Waals surface area contributed by atoms with Crippen LogP contribution in [0.3, 0.4) is 0 Å². The fourth-order valence-corrected chi connectivity index (χ4v) is 1.84. The summed E-state index contributed by atoms with van der Waals surface area (Å²) in [7, 11) is 0. The Morgan fingerprint density at radius 1 is 1.44 bits per heavy atom. The van der Waals surface area contributed by atoms with Gasteiger partial charge in [0, 0.05) is 11.4 Å². The minimum absolute atomic E-state index is 0.544. The van der Waals surface area contributed by atoms with Gasteiger partial charge in [0.25, 0.3) is 0 Å². The Morgan fingerprint density at radius 3 is 3.12 bits per heavy atom. The molecule has 84 valence electrons. The maximum absolute atomic E-state index is 5.53. The second-order valence-corrected chi connectivity index (χ2v) is 4.17. The average Bonchev–Trinajstić information content (AvgIpc) is 2.80. The van der Waals surface area contributed by atoms with E-state index >= 15 is 0 Å². The summed E-state index contributed by atoms with van der Waals surface area (Å²) in [5.41, 5.74) is 0. The summed E-state index contributed by atoms with van der Waals surface area (Å²) in [5, 5.41) is 5.12. The van der Waals surface area contributed by atoms with Crippen LogP contribution in [-0.2, 0) is 6.61 Å². The molecule has 0 saturated heterocycles. The van der Waals surface area contributed by atoms with E-state index in [2.05, 4.69) is 15.3 Å². The molecule has 0 atom stereocenters. The Hall–Kier alpha value is -1.62. The number of anilines is 1. The molecule has 0 aliphatic rings. The maximum atomic E-state index is 5.53. The van der Waals surface area contributed by atoms with E-state index in [4.69, 9.17) is 4.74 Å². The third-order valence-electron chi connectivity index (χ3n) is 1.91. The summed E-state index contributed by atoms with van der Waals surface area (Å²) in [6, 6.07) is 4.04. The molecule has 2 heterocycles. The Kier molecular flexibility index (Phi) is 3.71. The lowest BCUT2D eigenvalue weighted by Crippen LogP contribution is -2.02. The SMILES string of the molecule is CCNc1cncc(OCc2cccs2)n1. The number of thiophene rings is 1. The lowest BCUT2D eigenvalue weighted by Gasteiger charge is -2.05. The smallest absolute Gasteiger partial charge is 0.234 e. The summed E-state index contributed by atoms with van der Waals surface area (Å²) in [4.78, 5) is 9.50. The van der Waals surface area contributed by atoms with Crippen molar-refractivity contribution in [3.63, 3.8) is 0 Å². The molecule has 2 rings (SSSR count). The number of hydrogen-bond acceptors (Lipinski definition) is 5. The molecule has 0 unspecified atom stereocenters. The molecule has 0 spiro atoms. The fraction of sp³-hybridized carbons (Fsp3) is 0.273. The van der Waals surface area contributed by atoms with Crippen LogP contribution in [0.5, 0.6) is 5.88 Å². The summed E-state index contributed by atoms with van der Waals surface area (Å²) in [6.45, 7) is 3.38. The van der Waals surface area contributed by atoms with E-state index in [-0.39, 0.29) is 0 Å². The summed E-state index contributed by atoms with van der Waals surface area (Å²) in [5.74, 6) is 1.29. The Morgan fingerprint density at radius 2 is 2.38 bits per heavy atom. The van der Waals surface area contributed by atoms with Crippen molar-refractivity contribution in [3.8, 4) is 5.88 Å². The number of rotatable bonds is 5. The van der Waals surface area contributed by atoms with E-state index < -0.39 is 0 Å². The van der Waals surface area contributed by atoms with Crippen LogP contribution in [0.15, 0.2) is 29.9 Å². The zero-order chi connectivity index (χ0) is 11.2. The van der Waals surface area contributed by atoms with Gasteiger partial charge in [-0.2, -0.15) is 4.98 Å². The van der Waals surface area contributed by atoms with Crippen molar-refractivity contribution in [3.05, 3.63) is 34.8 Å². The van der Waals surface area contributed by atoms with E-state index in [0.717, 1.165) is 12.4 Å². The highest BCUT2D eigenvalue weighted by molar-refractivity contribution is 7.09. The first-order valence-corrected chi connectivity index (χ1v) is 5.97. The quantitative estimate of drug-likeness (QED) is 0.865. The first-order chi connectivity index (χ1) is 7.88. The highest BCUT2D eigenvalue weighted by atomic mass is 32.1. The summed E-state index contributed by atoms with van der Waals surface area (Å²) >= 11 is 1.67. The number of hydrogen-bond donors (Lipinski definition) is 1. The highest BCUT2D eigenvalue weighted by Gasteiger charge is 2.00. The molecule has 5 heteroatoms. The number of ether oxygens (including phenoxy) is 1. The van der Waals surface area contributed by atoms with Crippen LogP contribution in [-0.4, -0.2) is 16.5 Å². The maximum Gasteiger partial charge on any atom is 0.234 e. The molecule has 0 radical (unpaired) electrons. The fourth-order valence-electron chi connectivity index (χ4n) is 1.22. The van der Waals surface area contributed by atoms with E-state index in [1.165, 1.54) is 4.88 Å². The predicted octanol–water partition coefficient (Wildman–Crippen LogP) is 2.55. The zero-order valence-electron chi connectivity index (χ0n) is 9.01. The zero-order valence-corrected chi connectivity index (χ0v) is 9.83. The lowest BCUT2D eigenvalue weighted by atomic mass is 10.5. The van der Waals surface area contributed by atoms with E-state index in [1.54, 1.807) is 23.7 Å². The normalized spacial score (nSPS) is 10.1. The molecule has 16 heavy (non-hydrogen) atoms. The van der Waals surface area contributed by atoms with Crippen LogP contribution >= 0.6 is 11.3 Å². The first-order valence-electron chi connectivity index (χ1n) is 5.09. The van der Waals surface area contributed by atoms with Gasteiger partial charge in [-0.1, -0.05) is 6.07 Å². The van der Waals surface area contributed by atoms with Gasteiger partial charge in [0.2, 0.25) is 5.88 Å². The van der Waals surface area contributed by atoms with E-state index in [9.17, 15) is 0 Å². The van der Waals surface area contributed by atoms with Gasteiger partial charge in [0.15, 0.2) is 0 Å². The van der Waals surface area contributed by atoms with E-state index in [1.807, 2.05) is 24.4 Å². The Labute approximate surface area is 98.3 Å². The average molecular weight is 235 g/mol. The van der Waals surface area contributed by atoms with Crippen LogP contribution < -0.4 is 10.1 Å². The third kappa shape index (κ3) is 2.93. The largest absolute Gasteiger partial charge is 0.471 e. The van der Waals surface area contributed by atoms with Crippen LogP contribution in [0.25, 0.3) is 0 Å². The molecule has 0 bridgehead atoms. The molecule has 0 fully saturated rings. The molecular formula is C11H13N3OS. The molecule has 0 amide bonds. The van der Waals surface area contributed by atoms with Gasteiger partial charge < -0.3 is 10.1 Å². The van der Waals surface area contributed by atoms with Crippen molar-refractivity contribution in [2.45, 2.75) is 13.5 Å². The molecule has 0 aliphatic heterocycles. The van der Waals surface area contributed by atoms with Crippen LogP contribution in [0.4, 0.5) is 5.82 Å². The van der Waals surface area contributed by atoms with Gasteiger partial charge in [0.1, 0.15) is 12.4 Å². The lowest BCUT2D eigenvalue weighted by molar-refractivity contribution is 0.296. The molecular weight excluding hydrogens is 222 g/mol. The van der Waals surface area contributed by atoms with Gasteiger partial charge in [0.05, 0.1) is 12.4 Å². The molecule has 1 N–H and O–H groups in total. The van der Waals surface area contributed by atoms with Gasteiger partial charge in [-0.25, -0.2) is 0 Å². The number of nitrogens with zero attached hydrogens (tertiary/aromatic N) is 2. The Bertz CT molecular complexity index is 431. The second-order valence-electron chi connectivity index (χ2n) is 3.14. The molecule has 0 aromatic carbocycles. The standard InChI is InChI=1S/C11H13N3OS/c1-2-13-10-6-12-7-11(14-10)15-8-9-4-3-5-16-9/h3-7H,2,8H2,1H3,(H,13,14). The first kappa shape index (κ1) is 10.9. The minimum atomic E-state index is 0.544. The summed E-state index contributed by atoms with van der Waals surface area (Å²) < 4.78 is 5.53. The van der Waals surface area contributed by atoms with Gasteiger partial charge in [-0.15, -0.1) is 11.3 Å². The monoisotopic (exact) mass is 235 g/mol. The van der Waals surface area contributed by atoms with Crippen LogP contribution in [0.2, 0.25) is 0 Å². The van der Waals surface area contributed by atoms with Crippen molar-refractivity contribution in [2.24, 2.45) is 0 Å². The molecule has 0 aliphatic carbocycles. The van der Waals surface area contributed by atoms with Gasteiger partial charge in [-0.05, 0) is 18.4 Å². The number of aromatic nitrogens is 2. The van der Waals surface area contributed by atoms with Crippen molar-refractivity contribution < 1.29 is 4.74 Å². The van der Waals surface area contributed by atoms with Crippen molar-refractivity contribution >= 4 is 17.2 Å². The molecule has 0 saturated carbocycles. The second kappa shape index (κ2) is 5.46. The van der Waals surface area contributed by atoms with Crippen molar-refractivity contribution in [2.75, 3.05) is 11.9 Å². The topological polar surface area (TPSA) is 47.0 Å². The van der Waals surface area contributed by atoms with Crippen molar-refractivity contribution in [1.82, 2.24) is 9.97 Å². The molecule has 2 aromatic heterocycles. The molecule has 4 nitrogen and oxygen atoms in total. The van der Waals surface area contributed by atoms with Crippen molar-refractivity contribution in [1.29, 1.82) is 0 Å². The van der Waals surface area contributed by atoms with Gasteiger partial charge in [-0.3, -0.25) is 4.98 Å². The van der Waals surface area contributed by atoms with Crippen LogP contribution in [0, 0.1) is 0 Å². The number of nitrogens with one attached hydrogen (secondary N) is 1.